The summed E-state index contributed by atoms with van der Waals surface area (Å²) in [6.07, 6.45) is 1.52. The molecule has 0 aliphatic rings. The number of aromatic nitrogens is 2. The van der Waals surface area contributed by atoms with Crippen molar-refractivity contribution in [3.05, 3.63) is 70.4 Å². The second kappa shape index (κ2) is 6.54. The van der Waals surface area contributed by atoms with E-state index < -0.39 is 17.3 Å². The van der Waals surface area contributed by atoms with Gasteiger partial charge in [0.05, 0.1) is 6.54 Å². The SMILES string of the molecule is CC(O)(CNC(=O)c1ccn(-c2ccccc2F)n1)c1cccs1. The fourth-order valence-electron chi connectivity index (χ4n) is 2.23. The standard InChI is InChI=1S/C17H16FN3O2S/c1-17(23,15-7-4-10-24-15)11-19-16(22)13-8-9-21(20-13)14-6-3-2-5-12(14)18/h2-10,23H,11H2,1H3,(H,19,22). The fourth-order valence-corrected chi connectivity index (χ4v) is 3.02. The lowest BCUT2D eigenvalue weighted by molar-refractivity contribution is 0.0555. The van der Waals surface area contributed by atoms with Gasteiger partial charge in [-0.05, 0) is 36.6 Å². The second-order valence-electron chi connectivity index (χ2n) is 5.53. The lowest BCUT2D eigenvalue weighted by Crippen LogP contribution is -2.38. The Balaban J connectivity index is 1.70. The first-order valence-electron chi connectivity index (χ1n) is 7.32. The van der Waals surface area contributed by atoms with Crippen molar-refractivity contribution >= 4 is 17.2 Å². The van der Waals surface area contributed by atoms with Gasteiger partial charge in [-0.15, -0.1) is 11.3 Å². The third-order valence-electron chi connectivity index (χ3n) is 3.57. The first-order valence-corrected chi connectivity index (χ1v) is 8.20. The number of nitrogens with zero attached hydrogens (tertiary/aromatic N) is 2. The zero-order chi connectivity index (χ0) is 17.2. The first-order chi connectivity index (χ1) is 11.5. The molecule has 2 N–H and O–H groups in total. The van der Waals surface area contributed by atoms with E-state index in [2.05, 4.69) is 10.4 Å². The topological polar surface area (TPSA) is 67.2 Å². The molecule has 0 bridgehead atoms. The van der Waals surface area contributed by atoms with Gasteiger partial charge in [0.1, 0.15) is 17.1 Å². The van der Waals surface area contributed by atoms with Gasteiger partial charge in [-0.3, -0.25) is 4.79 Å². The van der Waals surface area contributed by atoms with Crippen molar-refractivity contribution in [2.45, 2.75) is 12.5 Å². The van der Waals surface area contributed by atoms with Gasteiger partial charge < -0.3 is 10.4 Å². The van der Waals surface area contributed by atoms with Crippen LogP contribution < -0.4 is 5.32 Å². The van der Waals surface area contributed by atoms with E-state index in [1.807, 2.05) is 17.5 Å². The molecule has 0 spiro atoms. The predicted octanol–water partition coefficient (Wildman–Crippen LogP) is 2.71. The number of rotatable bonds is 5. The maximum atomic E-state index is 13.8. The van der Waals surface area contributed by atoms with Gasteiger partial charge in [0.25, 0.3) is 5.91 Å². The Morgan fingerprint density at radius 1 is 1.33 bits per heavy atom. The number of amides is 1. The summed E-state index contributed by atoms with van der Waals surface area (Å²) in [7, 11) is 0. The Labute approximate surface area is 142 Å². The van der Waals surface area contributed by atoms with Crippen molar-refractivity contribution in [3.63, 3.8) is 0 Å². The molecule has 3 rings (SSSR count). The van der Waals surface area contributed by atoms with Gasteiger partial charge in [-0.1, -0.05) is 18.2 Å². The van der Waals surface area contributed by atoms with E-state index >= 15 is 0 Å². The highest BCUT2D eigenvalue weighted by molar-refractivity contribution is 7.10. The number of nitrogens with one attached hydrogen (secondary N) is 1. The number of hydrogen-bond donors (Lipinski definition) is 2. The van der Waals surface area contributed by atoms with Crippen molar-refractivity contribution in [1.82, 2.24) is 15.1 Å². The summed E-state index contributed by atoms with van der Waals surface area (Å²) in [5, 5.41) is 19.0. The Morgan fingerprint density at radius 3 is 2.83 bits per heavy atom. The Kier molecular flexibility index (Phi) is 4.46. The van der Waals surface area contributed by atoms with Crippen LogP contribution in [-0.2, 0) is 5.60 Å². The van der Waals surface area contributed by atoms with E-state index in [9.17, 15) is 14.3 Å². The van der Waals surface area contributed by atoms with Gasteiger partial charge in [-0.2, -0.15) is 5.10 Å². The number of hydrogen-bond acceptors (Lipinski definition) is 4. The number of halogens is 1. The molecule has 1 aromatic carbocycles. The molecule has 7 heteroatoms. The van der Waals surface area contributed by atoms with Crippen LogP contribution in [0.5, 0.6) is 0 Å². The van der Waals surface area contributed by atoms with Crippen molar-refractivity contribution < 1.29 is 14.3 Å². The number of aliphatic hydroxyl groups is 1. The van der Waals surface area contributed by atoms with E-state index in [1.165, 1.54) is 34.3 Å². The molecular weight excluding hydrogens is 329 g/mol. The molecule has 0 aliphatic heterocycles. The minimum atomic E-state index is -1.15. The summed E-state index contributed by atoms with van der Waals surface area (Å²) in [5.74, 6) is -0.852. The van der Waals surface area contributed by atoms with Crippen LogP contribution in [-0.4, -0.2) is 27.3 Å². The van der Waals surface area contributed by atoms with Gasteiger partial charge >= 0.3 is 0 Å². The quantitative estimate of drug-likeness (QED) is 0.747. The van der Waals surface area contributed by atoms with E-state index in [1.54, 1.807) is 25.1 Å². The van der Waals surface area contributed by atoms with Gasteiger partial charge in [-0.25, -0.2) is 9.07 Å². The number of thiophene rings is 1. The smallest absolute Gasteiger partial charge is 0.271 e. The Morgan fingerprint density at radius 2 is 2.12 bits per heavy atom. The molecule has 5 nitrogen and oxygen atoms in total. The summed E-state index contributed by atoms with van der Waals surface area (Å²) < 4.78 is 15.1. The highest BCUT2D eigenvalue weighted by atomic mass is 32.1. The van der Waals surface area contributed by atoms with Crippen molar-refractivity contribution in [3.8, 4) is 5.69 Å². The molecule has 0 saturated carbocycles. The van der Waals surface area contributed by atoms with Crippen molar-refractivity contribution in [2.75, 3.05) is 6.54 Å². The molecule has 0 radical (unpaired) electrons. The van der Waals surface area contributed by atoms with Gasteiger partial charge in [0, 0.05) is 11.1 Å². The summed E-state index contributed by atoms with van der Waals surface area (Å²) in [6.45, 7) is 1.69. The molecule has 3 aromatic rings. The average Bonchev–Trinajstić information content (AvgIpc) is 3.25. The van der Waals surface area contributed by atoms with Crippen LogP contribution in [0.15, 0.2) is 54.0 Å². The van der Waals surface area contributed by atoms with Gasteiger partial charge in [0.2, 0.25) is 0 Å². The monoisotopic (exact) mass is 345 g/mol. The van der Waals surface area contributed by atoms with Crippen LogP contribution in [0, 0.1) is 5.82 Å². The third kappa shape index (κ3) is 3.37. The second-order valence-corrected chi connectivity index (χ2v) is 6.48. The van der Waals surface area contributed by atoms with Gasteiger partial charge in [0.15, 0.2) is 5.69 Å². The van der Waals surface area contributed by atoms with Crippen LogP contribution >= 0.6 is 11.3 Å². The molecule has 124 valence electrons. The zero-order valence-corrected chi connectivity index (χ0v) is 13.8. The number of carbonyl (C=O) groups is 1. The van der Waals surface area contributed by atoms with Crippen molar-refractivity contribution in [2.24, 2.45) is 0 Å². The molecule has 0 aliphatic carbocycles. The molecule has 2 aromatic heterocycles. The highest BCUT2D eigenvalue weighted by Crippen LogP contribution is 2.24. The third-order valence-corrected chi connectivity index (χ3v) is 4.69. The highest BCUT2D eigenvalue weighted by Gasteiger charge is 2.25. The summed E-state index contributed by atoms with van der Waals surface area (Å²) in [4.78, 5) is 13.0. The molecule has 0 saturated heterocycles. The van der Waals surface area contributed by atoms with Crippen LogP contribution in [0.3, 0.4) is 0 Å². The Bertz CT molecular complexity index is 843. The van der Waals surface area contributed by atoms with Crippen LogP contribution in [0.2, 0.25) is 0 Å². The summed E-state index contributed by atoms with van der Waals surface area (Å²) in [6, 6.07) is 11.3. The predicted molar refractivity (Wildman–Crippen MR) is 89.7 cm³/mol. The number of para-hydroxylation sites is 1. The fraction of sp³-hybridized carbons (Fsp3) is 0.176. The molecule has 1 atom stereocenters. The summed E-state index contributed by atoms with van der Waals surface area (Å²) in [5.41, 5.74) is -0.736. The van der Waals surface area contributed by atoms with Crippen LogP contribution in [0.1, 0.15) is 22.3 Å². The van der Waals surface area contributed by atoms with E-state index in [4.69, 9.17) is 0 Å². The number of benzene rings is 1. The normalized spacial score (nSPS) is 13.5. The number of carbonyl (C=O) groups excluding carboxylic acids is 1. The average molecular weight is 345 g/mol. The lowest BCUT2D eigenvalue weighted by Gasteiger charge is -2.21. The summed E-state index contributed by atoms with van der Waals surface area (Å²) >= 11 is 1.42. The first kappa shape index (κ1) is 16.4. The van der Waals surface area contributed by atoms with E-state index in [-0.39, 0.29) is 17.9 Å². The molecule has 1 unspecified atom stereocenters. The molecule has 24 heavy (non-hydrogen) atoms. The van der Waals surface area contributed by atoms with Crippen molar-refractivity contribution in [1.29, 1.82) is 0 Å². The Hall–Kier alpha value is -2.51. The largest absolute Gasteiger partial charge is 0.383 e. The maximum absolute atomic E-state index is 13.8. The van der Waals surface area contributed by atoms with E-state index in [0.717, 1.165) is 4.88 Å². The minimum Gasteiger partial charge on any atom is -0.383 e. The maximum Gasteiger partial charge on any atom is 0.271 e. The van der Waals surface area contributed by atoms with E-state index in [0.29, 0.717) is 0 Å². The molecule has 1 amide bonds. The minimum absolute atomic E-state index is 0.0545. The zero-order valence-electron chi connectivity index (χ0n) is 12.9. The van der Waals surface area contributed by atoms with Crippen LogP contribution in [0.25, 0.3) is 5.69 Å². The molecule has 0 fully saturated rings. The molecular formula is C17H16FN3O2S. The molecule has 2 heterocycles. The lowest BCUT2D eigenvalue weighted by atomic mass is 10.1. The van der Waals surface area contributed by atoms with Crippen LogP contribution in [0.4, 0.5) is 4.39 Å².